The molecule has 3 aromatic carbocycles. The summed E-state index contributed by atoms with van der Waals surface area (Å²) in [5.41, 5.74) is 5.36. The summed E-state index contributed by atoms with van der Waals surface area (Å²) in [7, 11) is 0. The van der Waals surface area contributed by atoms with Gasteiger partial charge in [-0.05, 0) is 35.6 Å². The third-order valence-electron chi connectivity index (χ3n) is 6.21. The number of hydrogen-bond donors (Lipinski definition) is 1. The van der Waals surface area contributed by atoms with Crippen LogP contribution in [0, 0.1) is 0 Å². The molecule has 3 aromatic rings. The van der Waals surface area contributed by atoms with Gasteiger partial charge in [-0.3, -0.25) is 14.5 Å². The molecule has 0 saturated carbocycles. The highest BCUT2D eigenvalue weighted by Gasteiger charge is 2.40. The van der Waals surface area contributed by atoms with Crippen LogP contribution in [0.2, 0.25) is 0 Å². The summed E-state index contributed by atoms with van der Waals surface area (Å²) < 4.78 is 0. The molecule has 2 aliphatic rings. The number of carbonyl (C=O) groups is 2. The lowest BCUT2D eigenvalue weighted by Crippen LogP contribution is -2.37. The zero-order valence-electron chi connectivity index (χ0n) is 17.4. The smallest absolute Gasteiger partial charge is 0.224 e. The molecule has 1 amide bonds. The van der Waals surface area contributed by atoms with E-state index < -0.39 is 6.04 Å². The van der Waals surface area contributed by atoms with Gasteiger partial charge < -0.3 is 5.32 Å². The zero-order chi connectivity index (χ0) is 21.4. The fourth-order valence-electron chi connectivity index (χ4n) is 4.85. The van der Waals surface area contributed by atoms with Crippen LogP contribution in [0.15, 0.2) is 96.2 Å². The molecule has 1 aliphatic carbocycles. The van der Waals surface area contributed by atoms with Crippen molar-refractivity contribution in [2.75, 3.05) is 10.2 Å². The average Bonchev–Trinajstić information content (AvgIpc) is 2.95. The Kier molecular flexibility index (Phi) is 4.91. The van der Waals surface area contributed by atoms with Crippen LogP contribution in [0.3, 0.4) is 0 Å². The molecule has 0 radical (unpaired) electrons. The lowest BCUT2D eigenvalue weighted by molar-refractivity contribution is -0.117. The summed E-state index contributed by atoms with van der Waals surface area (Å²) in [6.07, 6.45) is 1.17. The highest BCUT2D eigenvalue weighted by Crippen LogP contribution is 2.47. The fourth-order valence-corrected chi connectivity index (χ4v) is 4.85. The molecule has 1 N–H and O–H groups in total. The van der Waals surface area contributed by atoms with Gasteiger partial charge in [0.1, 0.15) is 0 Å². The highest BCUT2D eigenvalue weighted by atomic mass is 16.2. The van der Waals surface area contributed by atoms with E-state index in [0.717, 1.165) is 29.1 Å². The third kappa shape index (κ3) is 3.44. The molecule has 0 spiro atoms. The van der Waals surface area contributed by atoms with E-state index in [1.165, 1.54) is 5.56 Å². The standard InChI is InChI=1S/C27H24N2O2/c1-18(30)29-24-15-9-8-14-22(24)28-23-16-21(19-10-4-2-5-11-19)17-25(31)26(23)27(29)20-12-6-3-7-13-20/h2-15,21,27-28H,16-17H2,1H3/t21-,27-/m0/s1. The summed E-state index contributed by atoms with van der Waals surface area (Å²) >= 11 is 0. The van der Waals surface area contributed by atoms with Crippen molar-refractivity contribution in [1.82, 2.24) is 0 Å². The van der Waals surface area contributed by atoms with Gasteiger partial charge in [0.05, 0.1) is 17.4 Å². The lowest BCUT2D eigenvalue weighted by atomic mass is 9.78. The first-order chi connectivity index (χ1) is 15.1. The van der Waals surface area contributed by atoms with Crippen LogP contribution in [0.4, 0.5) is 11.4 Å². The van der Waals surface area contributed by atoms with Gasteiger partial charge in [-0.2, -0.15) is 0 Å². The van der Waals surface area contributed by atoms with E-state index in [2.05, 4.69) is 17.4 Å². The van der Waals surface area contributed by atoms with Crippen LogP contribution in [0.25, 0.3) is 0 Å². The van der Waals surface area contributed by atoms with Crippen molar-refractivity contribution in [1.29, 1.82) is 0 Å². The highest BCUT2D eigenvalue weighted by molar-refractivity contribution is 6.05. The van der Waals surface area contributed by atoms with Gasteiger partial charge in [0.25, 0.3) is 0 Å². The van der Waals surface area contributed by atoms with Crippen LogP contribution in [-0.2, 0) is 9.59 Å². The Balaban J connectivity index is 1.71. The Labute approximate surface area is 182 Å². The number of hydrogen-bond acceptors (Lipinski definition) is 3. The number of carbonyl (C=O) groups excluding carboxylic acids is 2. The number of fused-ring (bicyclic) bond motifs is 1. The number of Topliss-reactive ketones (excluding diaryl/α,β-unsaturated/α-hetero) is 1. The molecule has 1 aliphatic heterocycles. The van der Waals surface area contributed by atoms with E-state index in [4.69, 9.17) is 0 Å². The van der Waals surface area contributed by atoms with Gasteiger partial charge in [0, 0.05) is 24.6 Å². The fraction of sp³-hybridized carbons (Fsp3) is 0.185. The molecule has 4 heteroatoms. The Bertz CT molecular complexity index is 1170. The van der Waals surface area contributed by atoms with Crippen molar-refractivity contribution >= 4 is 23.1 Å². The second kappa shape index (κ2) is 7.88. The van der Waals surface area contributed by atoms with Crippen LogP contribution < -0.4 is 10.2 Å². The maximum Gasteiger partial charge on any atom is 0.224 e. The van der Waals surface area contributed by atoms with Crippen molar-refractivity contribution in [3.05, 3.63) is 107 Å². The van der Waals surface area contributed by atoms with E-state index in [1.54, 1.807) is 11.8 Å². The second-order valence-corrected chi connectivity index (χ2v) is 8.18. The van der Waals surface area contributed by atoms with Gasteiger partial charge in [0.15, 0.2) is 5.78 Å². The molecule has 2 atom stereocenters. The lowest BCUT2D eigenvalue weighted by Gasteiger charge is -2.34. The monoisotopic (exact) mass is 408 g/mol. The first kappa shape index (κ1) is 19.3. The topological polar surface area (TPSA) is 49.4 Å². The van der Waals surface area contributed by atoms with Crippen molar-refractivity contribution < 1.29 is 9.59 Å². The molecule has 0 fully saturated rings. The summed E-state index contributed by atoms with van der Waals surface area (Å²) in [4.78, 5) is 28.3. The number of nitrogens with one attached hydrogen (secondary N) is 1. The number of nitrogens with zero attached hydrogens (tertiary/aromatic N) is 1. The van der Waals surface area contributed by atoms with E-state index >= 15 is 0 Å². The van der Waals surface area contributed by atoms with Crippen molar-refractivity contribution in [2.24, 2.45) is 0 Å². The largest absolute Gasteiger partial charge is 0.357 e. The first-order valence-corrected chi connectivity index (χ1v) is 10.7. The first-order valence-electron chi connectivity index (χ1n) is 10.7. The van der Waals surface area contributed by atoms with Crippen molar-refractivity contribution in [2.45, 2.75) is 31.7 Å². The normalized spacial score (nSPS) is 20.4. The third-order valence-corrected chi connectivity index (χ3v) is 6.21. The van der Waals surface area contributed by atoms with Crippen molar-refractivity contribution in [3.8, 4) is 0 Å². The maximum atomic E-state index is 13.6. The van der Waals surface area contributed by atoms with E-state index in [9.17, 15) is 9.59 Å². The second-order valence-electron chi connectivity index (χ2n) is 8.18. The van der Waals surface area contributed by atoms with E-state index in [-0.39, 0.29) is 17.6 Å². The molecule has 4 nitrogen and oxygen atoms in total. The van der Waals surface area contributed by atoms with Gasteiger partial charge in [-0.15, -0.1) is 0 Å². The minimum atomic E-state index is -0.450. The van der Waals surface area contributed by atoms with E-state index in [0.29, 0.717) is 12.0 Å². The average molecular weight is 409 g/mol. The molecule has 0 saturated heterocycles. The Morgan fingerprint density at radius 1 is 0.839 bits per heavy atom. The molecule has 1 heterocycles. The Morgan fingerprint density at radius 2 is 1.45 bits per heavy atom. The minimum absolute atomic E-state index is 0.0881. The van der Waals surface area contributed by atoms with Crippen molar-refractivity contribution in [3.63, 3.8) is 0 Å². The zero-order valence-corrected chi connectivity index (χ0v) is 17.4. The van der Waals surface area contributed by atoms with Crippen LogP contribution in [-0.4, -0.2) is 11.7 Å². The quantitative estimate of drug-likeness (QED) is 0.600. The van der Waals surface area contributed by atoms with Crippen LogP contribution in [0.1, 0.15) is 42.9 Å². The molecule has 0 unspecified atom stereocenters. The van der Waals surface area contributed by atoms with Gasteiger partial charge in [-0.1, -0.05) is 72.8 Å². The number of rotatable bonds is 2. The summed E-state index contributed by atoms with van der Waals surface area (Å²) in [5, 5.41) is 3.54. The predicted molar refractivity (Wildman–Crippen MR) is 123 cm³/mol. The van der Waals surface area contributed by atoms with Gasteiger partial charge in [0.2, 0.25) is 5.91 Å². The molecule has 0 aromatic heterocycles. The summed E-state index contributed by atoms with van der Waals surface area (Å²) in [6, 6.07) is 27.4. The molecule has 31 heavy (non-hydrogen) atoms. The number of allylic oxidation sites excluding steroid dienone is 1. The molecule has 154 valence electrons. The maximum absolute atomic E-state index is 13.6. The molecule has 0 bridgehead atoms. The predicted octanol–water partition coefficient (Wildman–Crippen LogP) is 5.61. The summed E-state index contributed by atoms with van der Waals surface area (Å²) in [5.74, 6) is 0.123. The number of para-hydroxylation sites is 2. The van der Waals surface area contributed by atoms with Gasteiger partial charge in [-0.25, -0.2) is 0 Å². The minimum Gasteiger partial charge on any atom is -0.357 e. The Hall–Kier alpha value is -3.66. The molecular weight excluding hydrogens is 384 g/mol. The molecule has 5 rings (SSSR count). The summed E-state index contributed by atoms with van der Waals surface area (Å²) in [6.45, 7) is 1.57. The number of benzene rings is 3. The van der Waals surface area contributed by atoms with Crippen LogP contribution in [0.5, 0.6) is 0 Å². The van der Waals surface area contributed by atoms with Gasteiger partial charge >= 0.3 is 0 Å². The number of ketones is 1. The molecular formula is C27H24N2O2. The number of anilines is 2. The van der Waals surface area contributed by atoms with E-state index in [1.807, 2.05) is 72.8 Å². The Morgan fingerprint density at radius 3 is 2.13 bits per heavy atom. The SMILES string of the molecule is CC(=O)N1c2ccccc2NC2=C(C(=O)C[C@@H](c3ccccc3)C2)[C@@H]1c1ccccc1. The van der Waals surface area contributed by atoms with Crippen LogP contribution >= 0.6 is 0 Å². The number of amides is 1.